The predicted molar refractivity (Wildman–Crippen MR) is 121 cm³/mol. The van der Waals surface area contributed by atoms with Gasteiger partial charge in [-0.2, -0.15) is 13.2 Å². The number of tetrazole rings is 1. The molecular weight excluding hydrogens is 558 g/mol. The number of likely N-dealkylation sites (tertiary alicyclic amines) is 1. The van der Waals surface area contributed by atoms with E-state index in [2.05, 4.69) is 20.8 Å². The van der Waals surface area contributed by atoms with Gasteiger partial charge in [0.25, 0.3) is 5.91 Å². The molecule has 39 heavy (non-hydrogen) atoms. The molecule has 13 nitrogen and oxygen atoms in total. The van der Waals surface area contributed by atoms with Gasteiger partial charge in [-0.15, -0.1) is 5.10 Å². The zero-order chi connectivity index (χ0) is 27.4. The number of rotatable bonds is 7. The van der Waals surface area contributed by atoms with Crippen LogP contribution in [0.3, 0.4) is 0 Å². The smallest absolute Gasteiger partial charge is 1.00 e. The Morgan fingerprint density at radius 1 is 1.21 bits per heavy atom. The van der Waals surface area contributed by atoms with Gasteiger partial charge in [0, 0.05) is 23.9 Å². The van der Waals surface area contributed by atoms with E-state index in [1.165, 1.54) is 28.9 Å². The van der Waals surface area contributed by atoms with Gasteiger partial charge in [-0.3, -0.25) is 19.3 Å². The van der Waals surface area contributed by atoms with Gasteiger partial charge in [-0.1, -0.05) is 11.8 Å². The normalized spacial score (nSPS) is 21.7. The fourth-order valence-corrected chi connectivity index (χ4v) is 5.87. The molecule has 3 atom stereocenters. The minimum absolute atomic E-state index is 0. The zero-order valence-electron chi connectivity index (χ0n) is 21.1. The molecule has 0 saturated carbocycles. The van der Waals surface area contributed by atoms with Crippen LogP contribution in [0.1, 0.15) is 7.85 Å². The summed E-state index contributed by atoms with van der Waals surface area (Å²) in [6.45, 7) is -0.612. The van der Waals surface area contributed by atoms with Crippen molar-refractivity contribution in [2.75, 3.05) is 17.6 Å². The van der Waals surface area contributed by atoms with Crippen LogP contribution in [0.25, 0.3) is 0 Å². The Hall–Kier alpha value is -3.15. The number of thioether (sulfide) groups is 1. The second kappa shape index (κ2) is 10.8. The van der Waals surface area contributed by atoms with E-state index in [4.69, 9.17) is 0 Å². The molecule has 0 aliphatic carbocycles. The van der Waals surface area contributed by atoms with Gasteiger partial charge in [0.2, 0.25) is 11.1 Å². The van der Waals surface area contributed by atoms with E-state index in [1.54, 1.807) is 0 Å². The van der Waals surface area contributed by atoms with Crippen molar-refractivity contribution in [2.45, 2.75) is 36.4 Å². The molecule has 202 valence electrons. The van der Waals surface area contributed by atoms with Gasteiger partial charge in [-0.05, 0) is 46.7 Å². The van der Waals surface area contributed by atoms with Crippen molar-refractivity contribution in [3.63, 3.8) is 0 Å². The Morgan fingerprint density at radius 2 is 1.90 bits per heavy atom. The number of β-lactam (4-membered cyclic amide) rings is 1. The van der Waals surface area contributed by atoms with Crippen LogP contribution in [-0.4, -0.2) is 94.5 Å². The molecule has 3 N–H and O–H groups in total. The van der Waals surface area contributed by atoms with Crippen LogP contribution in [0.2, 0.25) is 0 Å². The van der Waals surface area contributed by atoms with Crippen LogP contribution in [0.4, 0.5) is 18.9 Å². The zero-order valence-corrected chi connectivity index (χ0v) is 22.9. The number of carboxylic acids is 1. The van der Waals surface area contributed by atoms with E-state index >= 15 is 0 Å². The van der Waals surface area contributed by atoms with E-state index in [9.17, 15) is 42.6 Å². The van der Waals surface area contributed by atoms with Crippen LogP contribution in [0.5, 0.6) is 5.75 Å². The number of carbonyl (C=O) groups is 4. The molecule has 3 aliphatic rings. The number of nitrogens with one attached hydrogen (secondary N) is 1. The molecule has 1 aromatic heterocycles. The van der Waals surface area contributed by atoms with Gasteiger partial charge >= 0.3 is 47.6 Å². The van der Waals surface area contributed by atoms with Crippen molar-refractivity contribution >= 4 is 41.1 Å². The van der Waals surface area contributed by atoms with Gasteiger partial charge in [-0.25, -0.2) is 9.48 Å². The molecule has 0 unspecified atom stereocenters. The van der Waals surface area contributed by atoms with E-state index in [0.29, 0.717) is 10.6 Å². The first-order valence-corrected chi connectivity index (χ1v) is 12.1. The summed E-state index contributed by atoms with van der Waals surface area (Å²) in [5.41, 5.74) is 0.376. The minimum atomic E-state index is -5.15. The fourth-order valence-electron chi connectivity index (χ4n) is 4.97. The molecule has 2 aromatic rings. The topological polar surface area (TPSA) is 171 Å². The largest absolute Gasteiger partial charge is 1.00 e. The van der Waals surface area contributed by atoms with E-state index in [1.807, 2.05) is 0 Å². The number of aromatic nitrogens is 4. The summed E-state index contributed by atoms with van der Waals surface area (Å²) in [5.74, 6) is -5.44. The van der Waals surface area contributed by atoms with Gasteiger partial charge in [0.05, 0.1) is 6.04 Å². The average molecular weight is 577 g/mol. The quantitative estimate of drug-likeness (QED) is 0.139. The number of benzene rings is 1. The maximum absolute atomic E-state index is 13.0. The number of hydrogen-bond acceptors (Lipinski definition) is 9. The summed E-state index contributed by atoms with van der Waals surface area (Å²) < 4.78 is 40.3. The molecule has 2 fully saturated rings. The van der Waals surface area contributed by atoms with Crippen LogP contribution in [0, 0.1) is 5.92 Å². The number of amides is 3. The Morgan fingerprint density at radius 3 is 2.54 bits per heavy atom. The van der Waals surface area contributed by atoms with Crippen molar-refractivity contribution in [3.05, 3.63) is 35.5 Å². The average Bonchev–Trinajstić information content (AvgIpc) is 3.44. The standard InChI is InChI=1S/C21H18F3N7O6S.Na.H/c22-21(23,24)19(37)29-6-9-5-10(15(18(35)36)31-14(9)16(29)17(31)34)8-38-20-26-27-28-30(20)7-13(33)25-11-1-3-12(32)4-2-11;;/h1-4,9,14,16,32H,5-8H2,(H,25,33)(H,35,36);;/q;+1;-1/t9-,14-,16+;;/m1../s1. The minimum Gasteiger partial charge on any atom is -1.00 e. The summed E-state index contributed by atoms with van der Waals surface area (Å²) in [4.78, 5) is 50.4. The third-order valence-electron chi connectivity index (χ3n) is 6.47. The van der Waals surface area contributed by atoms with E-state index < -0.39 is 47.9 Å². The van der Waals surface area contributed by atoms with Crippen LogP contribution in [0.15, 0.2) is 40.7 Å². The molecule has 4 heterocycles. The number of phenols is 1. The molecule has 1 aromatic carbocycles. The summed E-state index contributed by atoms with van der Waals surface area (Å²) in [5, 5.41) is 33.0. The second-order valence-corrected chi connectivity index (χ2v) is 9.77. The number of alkyl halides is 3. The Kier molecular flexibility index (Phi) is 7.98. The number of halogens is 3. The van der Waals surface area contributed by atoms with Crippen LogP contribution < -0.4 is 34.9 Å². The first-order chi connectivity index (χ1) is 18.0. The first kappa shape index (κ1) is 28.8. The molecule has 3 aliphatic heterocycles. The summed E-state index contributed by atoms with van der Waals surface area (Å²) in [6, 6.07) is 3.60. The van der Waals surface area contributed by atoms with Gasteiger partial charge < -0.3 is 21.9 Å². The van der Waals surface area contributed by atoms with E-state index in [0.717, 1.165) is 16.7 Å². The van der Waals surface area contributed by atoms with Crippen molar-refractivity contribution in [1.29, 1.82) is 0 Å². The predicted octanol–water partition coefficient (Wildman–Crippen LogP) is -2.43. The maximum atomic E-state index is 13.0. The van der Waals surface area contributed by atoms with Gasteiger partial charge in [0.1, 0.15) is 24.0 Å². The number of hydrogen-bond donors (Lipinski definition) is 3. The van der Waals surface area contributed by atoms with Crippen LogP contribution >= 0.6 is 11.8 Å². The number of nitrogens with zero attached hydrogens (tertiary/aromatic N) is 6. The maximum Gasteiger partial charge on any atom is 1.00 e. The Balaban J connectivity index is 0.00000220. The molecule has 0 radical (unpaired) electrons. The number of phenolic OH excluding ortho intramolecular Hbond substituents is 1. The molecule has 2 saturated heterocycles. The number of carbonyl (C=O) groups excluding carboxylic acids is 3. The Bertz CT molecular complexity index is 1380. The third-order valence-corrected chi connectivity index (χ3v) is 7.51. The molecule has 3 amide bonds. The molecule has 0 bridgehead atoms. The summed E-state index contributed by atoms with van der Waals surface area (Å²) >= 11 is 0.992. The number of aromatic hydroxyl groups is 1. The fraction of sp³-hybridized carbons (Fsp3) is 0.381. The second-order valence-electron chi connectivity index (χ2n) is 8.82. The summed E-state index contributed by atoms with van der Waals surface area (Å²) in [6.07, 6.45) is -5.09. The van der Waals surface area contributed by atoms with Crippen molar-refractivity contribution < 1.29 is 73.5 Å². The van der Waals surface area contributed by atoms with Crippen LogP contribution in [-0.2, 0) is 25.7 Å². The number of anilines is 1. The third kappa shape index (κ3) is 5.35. The molecule has 18 heteroatoms. The van der Waals surface area contributed by atoms with E-state index in [-0.39, 0.29) is 78.4 Å². The van der Waals surface area contributed by atoms with Crippen molar-refractivity contribution in [1.82, 2.24) is 30.0 Å². The van der Waals surface area contributed by atoms with Crippen molar-refractivity contribution in [2.24, 2.45) is 5.92 Å². The SMILES string of the molecule is O=C(Cn1nnnc1SCC1=C(C(=O)O)N2C(=O)[C@@H]3[C@H]2[C@H](C1)CN3C(=O)C(F)(F)F)Nc1ccc(O)cc1.[H-].[Na+]. The molecular formula is C21H19F3N7NaO6S. The monoisotopic (exact) mass is 577 g/mol. The van der Waals surface area contributed by atoms with Crippen molar-refractivity contribution in [3.8, 4) is 5.75 Å². The van der Waals surface area contributed by atoms with Gasteiger partial charge in [0.15, 0.2) is 0 Å². The summed E-state index contributed by atoms with van der Waals surface area (Å²) in [7, 11) is 0. The Labute approximate surface area is 245 Å². The number of carboxylic acid groups (broad SMARTS) is 1. The number of aliphatic carboxylic acids is 1. The molecule has 0 spiro atoms. The first-order valence-electron chi connectivity index (χ1n) is 11.1. The molecule has 5 rings (SSSR count).